The summed E-state index contributed by atoms with van der Waals surface area (Å²) in [6.07, 6.45) is 4.32. The fourth-order valence-corrected chi connectivity index (χ4v) is 3.58. The second-order valence-electron chi connectivity index (χ2n) is 6.29. The fraction of sp³-hybridized carbons (Fsp3) is 0.200. The van der Waals surface area contributed by atoms with Gasteiger partial charge in [-0.05, 0) is 41.8 Å². The van der Waals surface area contributed by atoms with E-state index in [0.29, 0.717) is 11.5 Å². The lowest BCUT2D eigenvalue weighted by molar-refractivity contribution is -0.0506. The third-order valence-electron chi connectivity index (χ3n) is 4.59. The number of nitrogens with zero attached hydrogens (tertiary/aromatic N) is 3. The number of ether oxygens (including phenoxy) is 1. The smallest absolute Gasteiger partial charge is 0.387 e. The van der Waals surface area contributed by atoms with Crippen molar-refractivity contribution in [3.8, 4) is 5.75 Å². The maximum absolute atomic E-state index is 12.9. The molecule has 8 heteroatoms. The van der Waals surface area contributed by atoms with E-state index in [2.05, 4.69) is 50.4 Å². The molecule has 0 radical (unpaired) electrons. The van der Waals surface area contributed by atoms with Crippen molar-refractivity contribution in [1.29, 1.82) is 0 Å². The number of alkyl halides is 2. The molecule has 1 N–H and O–H groups in total. The van der Waals surface area contributed by atoms with Crippen molar-refractivity contribution < 1.29 is 13.5 Å². The molecule has 0 saturated carbocycles. The van der Waals surface area contributed by atoms with E-state index >= 15 is 0 Å². The quantitative estimate of drug-likeness (QED) is 0.580. The highest BCUT2D eigenvalue weighted by molar-refractivity contribution is 9.10. The molecule has 0 amide bonds. The molecule has 0 bridgehead atoms. The molecule has 0 saturated heterocycles. The van der Waals surface area contributed by atoms with Crippen LogP contribution in [-0.2, 0) is 6.42 Å². The number of anilines is 1. The molecular formula is C20H17BrF2N4O. The van der Waals surface area contributed by atoms with Crippen molar-refractivity contribution in [3.05, 3.63) is 76.0 Å². The van der Waals surface area contributed by atoms with Crippen LogP contribution in [0.25, 0.3) is 5.70 Å². The lowest BCUT2D eigenvalue weighted by atomic mass is 10.00. The summed E-state index contributed by atoms with van der Waals surface area (Å²) >= 11 is 3.41. The monoisotopic (exact) mass is 446 g/mol. The molecular weight excluding hydrogens is 430 g/mol. The van der Waals surface area contributed by atoms with Crippen molar-refractivity contribution in [2.24, 2.45) is 0 Å². The number of rotatable bonds is 5. The van der Waals surface area contributed by atoms with Gasteiger partial charge in [0.05, 0.1) is 0 Å². The lowest BCUT2D eigenvalue weighted by Crippen LogP contribution is -2.21. The van der Waals surface area contributed by atoms with E-state index in [0.717, 1.165) is 22.2 Å². The first-order chi connectivity index (χ1) is 13.5. The van der Waals surface area contributed by atoms with E-state index < -0.39 is 12.7 Å². The number of halogens is 3. The molecule has 2 heterocycles. The van der Waals surface area contributed by atoms with Gasteiger partial charge in [0.2, 0.25) is 5.95 Å². The predicted molar refractivity (Wildman–Crippen MR) is 106 cm³/mol. The van der Waals surface area contributed by atoms with Gasteiger partial charge in [0.15, 0.2) is 0 Å². The Bertz CT molecular complexity index is 1020. The zero-order valence-electron chi connectivity index (χ0n) is 14.9. The fourth-order valence-electron chi connectivity index (χ4n) is 3.20. The Hall–Kier alpha value is -2.74. The zero-order chi connectivity index (χ0) is 19.7. The summed E-state index contributed by atoms with van der Waals surface area (Å²) in [6.45, 7) is -0.814. The topological polar surface area (TPSA) is 52.0 Å². The van der Waals surface area contributed by atoms with Crippen LogP contribution >= 0.6 is 15.9 Å². The molecule has 0 spiro atoms. The van der Waals surface area contributed by atoms with Crippen molar-refractivity contribution in [3.63, 3.8) is 0 Å². The Morgan fingerprint density at radius 1 is 1.21 bits per heavy atom. The van der Waals surface area contributed by atoms with Crippen LogP contribution in [0.15, 0.2) is 59.3 Å². The molecule has 4 rings (SSSR count). The SMILES string of the molecule is CCc1ccc(C2=C[C@H](c3cc(Br)ccc3OC(F)F)n3ncnc3N2)cc1. The Balaban J connectivity index is 1.81. The van der Waals surface area contributed by atoms with E-state index in [4.69, 9.17) is 4.74 Å². The number of allylic oxidation sites excluding steroid dienone is 1. The average Bonchev–Trinajstić information content (AvgIpc) is 3.17. The van der Waals surface area contributed by atoms with Gasteiger partial charge >= 0.3 is 6.61 Å². The summed E-state index contributed by atoms with van der Waals surface area (Å²) in [5.74, 6) is 0.633. The molecule has 0 fully saturated rings. The summed E-state index contributed by atoms with van der Waals surface area (Å²) in [5.41, 5.74) is 3.60. The van der Waals surface area contributed by atoms with E-state index in [1.807, 2.05) is 18.2 Å². The van der Waals surface area contributed by atoms with Gasteiger partial charge in [-0.25, -0.2) is 4.68 Å². The van der Waals surface area contributed by atoms with Crippen LogP contribution < -0.4 is 10.1 Å². The Kier molecular flexibility index (Phi) is 5.13. The minimum Gasteiger partial charge on any atom is -0.434 e. The van der Waals surface area contributed by atoms with Crippen LogP contribution in [-0.4, -0.2) is 21.4 Å². The lowest BCUT2D eigenvalue weighted by Gasteiger charge is -2.26. The van der Waals surface area contributed by atoms with Crippen molar-refractivity contribution in [1.82, 2.24) is 14.8 Å². The summed E-state index contributed by atoms with van der Waals surface area (Å²) in [4.78, 5) is 4.25. The summed E-state index contributed by atoms with van der Waals surface area (Å²) in [6, 6.07) is 12.7. The second-order valence-corrected chi connectivity index (χ2v) is 7.21. The number of hydrogen-bond donors (Lipinski definition) is 1. The third kappa shape index (κ3) is 3.64. The highest BCUT2D eigenvalue weighted by Crippen LogP contribution is 2.38. The number of hydrogen-bond acceptors (Lipinski definition) is 4. The summed E-state index contributed by atoms with van der Waals surface area (Å²) < 4.78 is 33.0. The summed E-state index contributed by atoms with van der Waals surface area (Å²) in [7, 11) is 0. The molecule has 1 aliphatic rings. The molecule has 5 nitrogen and oxygen atoms in total. The van der Waals surface area contributed by atoms with Crippen LogP contribution in [0.2, 0.25) is 0 Å². The van der Waals surface area contributed by atoms with E-state index in [9.17, 15) is 8.78 Å². The molecule has 144 valence electrons. The van der Waals surface area contributed by atoms with Crippen molar-refractivity contribution in [2.75, 3.05) is 5.32 Å². The van der Waals surface area contributed by atoms with Gasteiger partial charge in [0.25, 0.3) is 0 Å². The molecule has 3 aromatic rings. The molecule has 1 aliphatic heterocycles. The third-order valence-corrected chi connectivity index (χ3v) is 5.08. The molecule has 1 aromatic heterocycles. The van der Waals surface area contributed by atoms with Crippen LogP contribution in [0, 0.1) is 0 Å². The average molecular weight is 447 g/mol. The second kappa shape index (κ2) is 7.71. The first-order valence-electron chi connectivity index (χ1n) is 8.77. The highest BCUT2D eigenvalue weighted by Gasteiger charge is 2.27. The van der Waals surface area contributed by atoms with Gasteiger partial charge in [0.1, 0.15) is 18.1 Å². The maximum Gasteiger partial charge on any atom is 0.387 e. The van der Waals surface area contributed by atoms with Crippen LogP contribution in [0.3, 0.4) is 0 Å². The van der Waals surface area contributed by atoms with Gasteiger partial charge in [-0.3, -0.25) is 0 Å². The minimum absolute atomic E-state index is 0.100. The maximum atomic E-state index is 12.9. The number of aryl methyl sites for hydroxylation is 1. The van der Waals surface area contributed by atoms with E-state index in [-0.39, 0.29) is 5.75 Å². The van der Waals surface area contributed by atoms with Gasteiger partial charge in [-0.2, -0.15) is 18.9 Å². The molecule has 0 unspecified atom stereocenters. The van der Waals surface area contributed by atoms with Gasteiger partial charge in [0, 0.05) is 15.7 Å². The number of nitrogens with one attached hydrogen (secondary N) is 1. The largest absolute Gasteiger partial charge is 0.434 e. The van der Waals surface area contributed by atoms with E-state index in [1.54, 1.807) is 16.8 Å². The molecule has 2 aromatic carbocycles. The standard InChI is InChI=1S/C20H17BrF2N4O/c1-2-12-3-5-13(6-4-12)16-10-17(27-20(26-16)24-11-25-27)15-9-14(21)7-8-18(15)28-19(22)23/h3-11,17,19H,2H2,1H3,(H,24,25,26)/t17-/m1/s1. The minimum atomic E-state index is -2.91. The Morgan fingerprint density at radius 3 is 2.71 bits per heavy atom. The predicted octanol–water partition coefficient (Wildman–Crippen LogP) is 5.26. The molecule has 1 atom stereocenters. The number of aromatic nitrogens is 3. The van der Waals surface area contributed by atoms with Crippen molar-refractivity contribution >= 4 is 27.6 Å². The number of fused-ring (bicyclic) bond motifs is 1. The molecule has 0 aliphatic carbocycles. The zero-order valence-corrected chi connectivity index (χ0v) is 16.5. The van der Waals surface area contributed by atoms with E-state index in [1.165, 1.54) is 18.0 Å². The Morgan fingerprint density at radius 2 is 2.00 bits per heavy atom. The highest BCUT2D eigenvalue weighted by atomic mass is 79.9. The van der Waals surface area contributed by atoms with Gasteiger partial charge < -0.3 is 10.1 Å². The first-order valence-corrected chi connectivity index (χ1v) is 9.56. The molecule has 28 heavy (non-hydrogen) atoms. The van der Waals surface area contributed by atoms with Gasteiger partial charge in [-0.1, -0.05) is 47.1 Å². The normalized spacial score (nSPS) is 15.8. The van der Waals surface area contributed by atoms with Gasteiger partial charge in [-0.15, -0.1) is 0 Å². The number of benzene rings is 2. The summed E-state index contributed by atoms with van der Waals surface area (Å²) in [5, 5.41) is 7.52. The Labute approximate surface area is 169 Å². The van der Waals surface area contributed by atoms with Crippen LogP contribution in [0.5, 0.6) is 5.75 Å². The van der Waals surface area contributed by atoms with Crippen molar-refractivity contribution in [2.45, 2.75) is 26.0 Å². The first kappa shape index (κ1) is 18.6. The van der Waals surface area contributed by atoms with Crippen LogP contribution in [0.4, 0.5) is 14.7 Å². The van der Waals surface area contributed by atoms with Crippen LogP contribution in [0.1, 0.15) is 29.7 Å².